The van der Waals surface area contributed by atoms with Crippen molar-refractivity contribution in [2.75, 3.05) is 39.8 Å². The molecule has 0 aromatic rings. The molecule has 114 valence electrons. The summed E-state index contributed by atoms with van der Waals surface area (Å²) < 4.78 is 5.60. The van der Waals surface area contributed by atoms with Crippen LogP contribution in [0.3, 0.4) is 0 Å². The monoisotopic (exact) mass is 282 g/mol. The lowest BCUT2D eigenvalue weighted by atomic mass is 9.90. The molecule has 0 unspecified atom stereocenters. The van der Waals surface area contributed by atoms with E-state index in [1.807, 2.05) is 13.8 Å². The molecule has 2 atom stereocenters. The first-order chi connectivity index (χ1) is 9.37. The average molecular weight is 282 g/mol. The molecular formula is C14H26N4O2. The van der Waals surface area contributed by atoms with E-state index in [1.165, 1.54) is 0 Å². The van der Waals surface area contributed by atoms with Gasteiger partial charge in [0.25, 0.3) is 0 Å². The summed E-state index contributed by atoms with van der Waals surface area (Å²) in [5, 5.41) is 15.0. The van der Waals surface area contributed by atoms with E-state index in [4.69, 9.17) is 10.00 Å². The lowest BCUT2D eigenvalue weighted by Gasteiger charge is -2.30. The fraction of sp³-hybridized carbons (Fsp3) is 0.857. The predicted molar refractivity (Wildman–Crippen MR) is 77.1 cm³/mol. The standard InChI is InChI=1S/C14H26N4O2/c1-11(2)14(3,10-15)17-13(19)8-16-7-12-9-18(4)5-6-20-12/h11-12,16H,5-9H2,1-4H3,(H,17,19)/t12-,14-/m1/s1. The molecule has 1 rings (SSSR count). The predicted octanol–water partition coefficient (Wildman–Crippen LogP) is -0.0389. The van der Waals surface area contributed by atoms with Crippen molar-refractivity contribution in [2.24, 2.45) is 5.92 Å². The Kier molecular flexibility index (Phi) is 6.40. The highest BCUT2D eigenvalue weighted by molar-refractivity contribution is 5.79. The average Bonchev–Trinajstić information content (AvgIpc) is 2.38. The molecule has 1 amide bonds. The van der Waals surface area contributed by atoms with Crippen LogP contribution >= 0.6 is 0 Å². The molecule has 0 saturated carbocycles. The number of nitrogens with one attached hydrogen (secondary N) is 2. The van der Waals surface area contributed by atoms with Gasteiger partial charge in [0.2, 0.25) is 5.91 Å². The quantitative estimate of drug-likeness (QED) is 0.715. The topological polar surface area (TPSA) is 77.4 Å². The number of rotatable bonds is 6. The third kappa shape index (κ3) is 5.08. The summed E-state index contributed by atoms with van der Waals surface area (Å²) >= 11 is 0. The van der Waals surface area contributed by atoms with E-state index < -0.39 is 5.54 Å². The van der Waals surface area contributed by atoms with Crippen LogP contribution in [0.25, 0.3) is 0 Å². The van der Waals surface area contributed by atoms with E-state index >= 15 is 0 Å². The van der Waals surface area contributed by atoms with Crippen LogP contribution in [0.5, 0.6) is 0 Å². The summed E-state index contributed by atoms with van der Waals surface area (Å²) in [7, 11) is 2.06. The number of hydrogen-bond acceptors (Lipinski definition) is 5. The third-order valence-corrected chi connectivity index (χ3v) is 3.79. The molecule has 0 aromatic heterocycles. The zero-order chi connectivity index (χ0) is 15.2. The van der Waals surface area contributed by atoms with Gasteiger partial charge in [-0.2, -0.15) is 5.26 Å². The molecule has 1 aliphatic rings. The van der Waals surface area contributed by atoms with Gasteiger partial charge in [0.05, 0.1) is 25.3 Å². The smallest absolute Gasteiger partial charge is 0.235 e. The van der Waals surface area contributed by atoms with Crippen LogP contribution in [-0.2, 0) is 9.53 Å². The van der Waals surface area contributed by atoms with Crippen molar-refractivity contribution >= 4 is 5.91 Å². The third-order valence-electron chi connectivity index (χ3n) is 3.79. The van der Waals surface area contributed by atoms with Crippen LogP contribution in [0.2, 0.25) is 0 Å². The van der Waals surface area contributed by atoms with Crippen LogP contribution in [0.4, 0.5) is 0 Å². The lowest BCUT2D eigenvalue weighted by Crippen LogP contribution is -2.52. The number of morpholine rings is 1. The minimum Gasteiger partial charge on any atom is -0.374 e. The van der Waals surface area contributed by atoms with Crippen molar-refractivity contribution in [2.45, 2.75) is 32.4 Å². The summed E-state index contributed by atoms with van der Waals surface area (Å²) in [5.41, 5.74) is -0.819. The van der Waals surface area contributed by atoms with Crippen molar-refractivity contribution in [1.29, 1.82) is 5.26 Å². The van der Waals surface area contributed by atoms with E-state index in [-0.39, 0.29) is 24.5 Å². The number of nitriles is 1. The number of ether oxygens (including phenoxy) is 1. The molecule has 0 radical (unpaired) electrons. The number of likely N-dealkylation sites (N-methyl/N-ethyl adjacent to an activating group) is 1. The van der Waals surface area contributed by atoms with E-state index in [1.54, 1.807) is 6.92 Å². The van der Waals surface area contributed by atoms with Gasteiger partial charge in [-0.3, -0.25) is 4.79 Å². The maximum atomic E-state index is 11.9. The van der Waals surface area contributed by atoms with Crippen molar-refractivity contribution in [3.8, 4) is 6.07 Å². The highest BCUT2D eigenvalue weighted by Gasteiger charge is 2.29. The van der Waals surface area contributed by atoms with E-state index in [9.17, 15) is 4.79 Å². The molecule has 0 spiro atoms. The molecular weight excluding hydrogens is 256 g/mol. The lowest BCUT2D eigenvalue weighted by molar-refractivity contribution is -0.122. The van der Waals surface area contributed by atoms with Crippen LogP contribution in [0, 0.1) is 17.2 Å². The molecule has 6 nitrogen and oxygen atoms in total. The number of carbonyl (C=O) groups excluding carboxylic acids is 1. The van der Waals surface area contributed by atoms with Crippen molar-refractivity contribution in [1.82, 2.24) is 15.5 Å². The van der Waals surface area contributed by atoms with Gasteiger partial charge >= 0.3 is 0 Å². The Balaban J connectivity index is 2.28. The van der Waals surface area contributed by atoms with Crippen LogP contribution in [0.1, 0.15) is 20.8 Å². The highest BCUT2D eigenvalue weighted by Crippen LogP contribution is 2.14. The summed E-state index contributed by atoms with van der Waals surface area (Å²) in [6.07, 6.45) is 0.119. The van der Waals surface area contributed by atoms with Gasteiger partial charge in [-0.15, -0.1) is 0 Å². The van der Waals surface area contributed by atoms with E-state index in [0.717, 1.165) is 19.7 Å². The zero-order valence-corrected chi connectivity index (χ0v) is 12.9. The van der Waals surface area contributed by atoms with Crippen LogP contribution in [-0.4, -0.2) is 62.3 Å². The van der Waals surface area contributed by atoms with Crippen LogP contribution in [0.15, 0.2) is 0 Å². The summed E-state index contributed by atoms with van der Waals surface area (Å²) in [4.78, 5) is 14.1. The second-order valence-corrected chi connectivity index (χ2v) is 5.90. The Bertz CT molecular complexity index is 367. The largest absolute Gasteiger partial charge is 0.374 e. The summed E-state index contributed by atoms with van der Waals surface area (Å²) in [6.45, 7) is 8.98. The fourth-order valence-electron chi connectivity index (χ4n) is 1.97. The molecule has 1 heterocycles. The van der Waals surface area contributed by atoms with Crippen molar-refractivity contribution in [3.05, 3.63) is 0 Å². The van der Waals surface area contributed by atoms with Gasteiger partial charge in [0.15, 0.2) is 0 Å². The minimum absolute atomic E-state index is 0.0618. The first-order valence-electron chi connectivity index (χ1n) is 7.10. The molecule has 0 aliphatic carbocycles. The molecule has 0 aromatic carbocycles. The van der Waals surface area contributed by atoms with Crippen molar-refractivity contribution < 1.29 is 9.53 Å². The highest BCUT2D eigenvalue weighted by atomic mass is 16.5. The van der Waals surface area contributed by atoms with Gasteiger partial charge in [-0.25, -0.2) is 0 Å². The zero-order valence-electron chi connectivity index (χ0n) is 12.9. The molecule has 1 saturated heterocycles. The second-order valence-electron chi connectivity index (χ2n) is 5.90. The minimum atomic E-state index is -0.819. The summed E-state index contributed by atoms with van der Waals surface area (Å²) in [6, 6.07) is 2.16. The molecule has 6 heteroatoms. The van der Waals surface area contributed by atoms with Gasteiger partial charge < -0.3 is 20.3 Å². The first-order valence-corrected chi connectivity index (χ1v) is 7.10. The Morgan fingerprint density at radius 3 is 2.85 bits per heavy atom. The molecule has 1 aliphatic heterocycles. The molecule has 2 N–H and O–H groups in total. The van der Waals surface area contributed by atoms with E-state index in [2.05, 4.69) is 28.7 Å². The number of amides is 1. The Labute approximate surface area is 121 Å². The Hall–Kier alpha value is -1.16. The number of carbonyl (C=O) groups is 1. The second kappa shape index (κ2) is 7.58. The number of nitrogens with zero attached hydrogens (tertiary/aromatic N) is 2. The van der Waals surface area contributed by atoms with E-state index in [0.29, 0.717) is 6.54 Å². The number of hydrogen-bond donors (Lipinski definition) is 2. The first kappa shape index (κ1) is 16.9. The Morgan fingerprint density at radius 1 is 1.60 bits per heavy atom. The molecule has 20 heavy (non-hydrogen) atoms. The molecule has 0 bridgehead atoms. The Morgan fingerprint density at radius 2 is 2.30 bits per heavy atom. The SMILES string of the molecule is CC(C)[C@@](C)(C#N)NC(=O)CNC[C@@H]1CN(C)CCO1. The van der Waals surface area contributed by atoms with Gasteiger partial charge in [0.1, 0.15) is 5.54 Å². The van der Waals surface area contributed by atoms with Crippen molar-refractivity contribution in [3.63, 3.8) is 0 Å². The fourth-order valence-corrected chi connectivity index (χ4v) is 1.97. The van der Waals surface area contributed by atoms with Gasteiger partial charge in [0, 0.05) is 19.6 Å². The van der Waals surface area contributed by atoms with Gasteiger partial charge in [-0.05, 0) is 19.9 Å². The molecule has 1 fully saturated rings. The maximum Gasteiger partial charge on any atom is 0.235 e. The van der Waals surface area contributed by atoms with Gasteiger partial charge in [-0.1, -0.05) is 13.8 Å². The maximum absolute atomic E-state index is 11.9. The normalized spacial score (nSPS) is 23.1. The summed E-state index contributed by atoms with van der Waals surface area (Å²) in [5.74, 6) is -0.0984. The van der Waals surface area contributed by atoms with Crippen LogP contribution < -0.4 is 10.6 Å².